The fourth-order valence-electron chi connectivity index (χ4n) is 2.53. The number of methoxy groups -OCH3 is 2. The Balaban J connectivity index is 1.99. The van der Waals surface area contributed by atoms with Crippen LogP contribution in [0.25, 0.3) is 0 Å². The van der Waals surface area contributed by atoms with E-state index in [0.717, 1.165) is 19.4 Å². The van der Waals surface area contributed by atoms with Crippen molar-refractivity contribution >= 4 is 23.5 Å². The number of rotatable bonds is 7. The third-order valence-electron chi connectivity index (χ3n) is 3.74. The molecule has 0 radical (unpaired) electrons. The molecule has 1 heterocycles. The molecule has 136 valence electrons. The fourth-order valence-corrected chi connectivity index (χ4v) is 2.53. The molecule has 1 aromatic carbocycles. The number of anilines is 1. The van der Waals surface area contributed by atoms with Crippen molar-refractivity contribution in [2.24, 2.45) is 0 Å². The number of carbonyl (C=O) groups is 3. The lowest BCUT2D eigenvalue weighted by atomic mass is 10.1. The smallest absolute Gasteiger partial charge is 0.337 e. The molecule has 0 bridgehead atoms. The molecule has 0 aromatic heterocycles. The fraction of sp³-hybridized carbons (Fsp3) is 0.471. The predicted octanol–water partition coefficient (Wildman–Crippen LogP) is 0.967. The second kappa shape index (κ2) is 9.14. The third kappa shape index (κ3) is 5.54. The Morgan fingerprint density at radius 3 is 2.28 bits per heavy atom. The van der Waals surface area contributed by atoms with Crippen molar-refractivity contribution in [2.75, 3.05) is 39.2 Å². The molecule has 1 unspecified atom stereocenters. The van der Waals surface area contributed by atoms with Gasteiger partial charge in [-0.1, -0.05) is 0 Å². The van der Waals surface area contributed by atoms with Crippen LogP contribution >= 0.6 is 0 Å². The minimum absolute atomic E-state index is 0.0931. The highest BCUT2D eigenvalue weighted by atomic mass is 16.5. The van der Waals surface area contributed by atoms with Crippen molar-refractivity contribution in [1.29, 1.82) is 0 Å². The molecule has 1 atom stereocenters. The molecule has 1 aromatic rings. The van der Waals surface area contributed by atoms with Gasteiger partial charge in [0.05, 0.1) is 38.0 Å². The van der Waals surface area contributed by atoms with Crippen molar-refractivity contribution in [2.45, 2.75) is 18.9 Å². The van der Waals surface area contributed by atoms with E-state index >= 15 is 0 Å². The number of hydrogen-bond acceptors (Lipinski definition) is 7. The Hall–Kier alpha value is -2.45. The summed E-state index contributed by atoms with van der Waals surface area (Å²) in [7, 11) is 2.47. The Kier molecular flexibility index (Phi) is 6.91. The first kappa shape index (κ1) is 18.9. The van der Waals surface area contributed by atoms with E-state index in [-0.39, 0.29) is 29.7 Å². The summed E-state index contributed by atoms with van der Waals surface area (Å²) in [5.41, 5.74) is 0.605. The molecule has 2 N–H and O–H groups in total. The summed E-state index contributed by atoms with van der Waals surface area (Å²) in [6.45, 7) is 1.45. The summed E-state index contributed by atoms with van der Waals surface area (Å²) in [6.07, 6.45) is 2.16. The molecule has 25 heavy (non-hydrogen) atoms. The Labute approximate surface area is 145 Å². The van der Waals surface area contributed by atoms with Crippen LogP contribution in [0.2, 0.25) is 0 Å². The second-order valence-corrected chi connectivity index (χ2v) is 5.60. The molecule has 1 amide bonds. The average molecular weight is 350 g/mol. The minimum atomic E-state index is -0.613. The lowest BCUT2D eigenvalue weighted by Crippen LogP contribution is -2.33. The molecule has 8 nitrogen and oxygen atoms in total. The Morgan fingerprint density at radius 1 is 1.12 bits per heavy atom. The van der Waals surface area contributed by atoms with Crippen LogP contribution in [0.3, 0.4) is 0 Å². The van der Waals surface area contributed by atoms with Gasteiger partial charge in [-0.25, -0.2) is 9.59 Å². The van der Waals surface area contributed by atoms with Crippen molar-refractivity contribution in [3.05, 3.63) is 29.3 Å². The van der Waals surface area contributed by atoms with E-state index in [0.29, 0.717) is 12.2 Å². The van der Waals surface area contributed by atoms with Gasteiger partial charge in [0.15, 0.2) is 0 Å². The predicted molar refractivity (Wildman–Crippen MR) is 89.6 cm³/mol. The summed E-state index contributed by atoms with van der Waals surface area (Å²) in [5, 5.41) is 5.67. The molecule has 2 rings (SSSR count). The third-order valence-corrected chi connectivity index (χ3v) is 3.74. The SMILES string of the molecule is COC(=O)c1cc(NC(=O)CNCC2CCCO2)cc(C(=O)OC)c1. The number of nitrogens with one attached hydrogen (secondary N) is 2. The topological polar surface area (TPSA) is 103 Å². The van der Waals surface area contributed by atoms with E-state index in [9.17, 15) is 14.4 Å². The van der Waals surface area contributed by atoms with Crippen LogP contribution in [0.4, 0.5) is 5.69 Å². The normalized spacial score (nSPS) is 16.3. The first-order valence-corrected chi connectivity index (χ1v) is 7.97. The molecular weight excluding hydrogens is 328 g/mol. The number of benzene rings is 1. The van der Waals surface area contributed by atoms with Gasteiger partial charge in [-0.05, 0) is 31.0 Å². The first-order chi connectivity index (χ1) is 12.0. The van der Waals surface area contributed by atoms with Crippen LogP contribution in [0.15, 0.2) is 18.2 Å². The van der Waals surface area contributed by atoms with Crippen LogP contribution in [0, 0.1) is 0 Å². The van der Waals surface area contributed by atoms with Gasteiger partial charge >= 0.3 is 11.9 Å². The van der Waals surface area contributed by atoms with Crippen LogP contribution < -0.4 is 10.6 Å². The highest BCUT2D eigenvalue weighted by Gasteiger charge is 2.17. The van der Waals surface area contributed by atoms with Gasteiger partial charge in [0.1, 0.15) is 0 Å². The van der Waals surface area contributed by atoms with Crippen LogP contribution in [0.1, 0.15) is 33.6 Å². The van der Waals surface area contributed by atoms with Crippen LogP contribution in [-0.2, 0) is 19.0 Å². The zero-order chi connectivity index (χ0) is 18.2. The van der Waals surface area contributed by atoms with Gasteiger partial charge in [-0.3, -0.25) is 4.79 Å². The maximum Gasteiger partial charge on any atom is 0.337 e. The van der Waals surface area contributed by atoms with Crippen LogP contribution in [0.5, 0.6) is 0 Å². The standard InChI is InChI=1S/C17H22N2O6/c1-23-16(21)11-6-12(17(22)24-2)8-13(7-11)19-15(20)10-18-9-14-4-3-5-25-14/h6-8,14,18H,3-5,9-10H2,1-2H3,(H,19,20). The van der Waals surface area contributed by atoms with Gasteiger partial charge in [0.2, 0.25) is 5.91 Å². The van der Waals surface area contributed by atoms with Gasteiger partial charge in [0, 0.05) is 18.8 Å². The first-order valence-electron chi connectivity index (χ1n) is 7.97. The Morgan fingerprint density at radius 2 is 1.76 bits per heavy atom. The minimum Gasteiger partial charge on any atom is -0.465 e. The molecule has 0 spiro atoms. The highest BCUT2D eigenvalue weighted by molar-refractivity contribution is 5.99. The lowest BCUT2D eigenvalue weighted by Gasteiger charge is -2.12. The molecule has 8 heteroatoms. The number of carbonyl (C=O) groups excluding carboxylic acids is 3. The summed E-state index contributed by atoms with van der Waals surface area (Å²) in [4.78, 5) is 35.5. The van der Waals surface area contributed by atoms with E-state index < -0.39 is 11.9 Å². The Bertz CT molecular complexity index is 606. The van der Waals surface area contributed by atoms with E-state index in [4.69, 9.17) is 4.74 Å². The van der Waals surface area contributed by atoms with Crippen molar-refractivity contribution in [3.63, 3.8) is 0 Å². The summed E-state index contributed by atoms with van der Waals surface area (Å²) >= 11 is 0. The molecule has 0 saturated carbocycles. The number of amides is 1. The summed E-state index contributed by atoms with van der Waals surface area (Å²) in [5.74, 6) is -1.52. The zero-order valence-corrected chi connectivity index (χ0v) is 14.3. The van der Waals surface area contributed by atoms with Gasteiger partial charge in [-0.15, -0.1) is 0 Å². The van der Waals surface area contributed by atoms with Gasteiger partial charge < -0.3 is 24.8 Å². The average Bonchev–Trinajstić information content (AvgIpc) is 3.13. The van der Waals surface area contributed by atoms with Crippen LogP contribution in [-0.4, -0.2) is 57.9 Å². The number of hydrogen-bond donors (Lipinski definition) is 2. The monoisotopic (exact) mass is 350 g/mol. The van der Waals surface area contributed by atoms with Crippen molar-refractivity contribution in [1.82, 2.24) is 5.32 Å². The largest absolute Gasteiger partial charge is 0.465 e. The second-order valence-electron chi connectivity index (χ2n) is 5.60. The zero-order valence-electron chi connectivity index (χ0n) is 14.3. The highest BCUT2D eigenvalue weighted by Crippen LogP contribution is 2.17. The summed E-state index contributed by atoms with van der Waals surface area (Å²) in [6, 6.07) is 4.23. The molecule has 1 fully saturated rings. The van der Waals surface area contributed by atoms with E-state index in [1.165, 1.54) is 32.4 Å². The van der Waals surface area contributed by atoms with Crippen molar-refractivity contribution < 1.29 is 28.6 Å². The molecule has 0 aliphatic carbocycles. The van der Waals surface area contributed by atoms with Gasteiger partial charge in [0.25, 0.3) is 0 Å². The van der Waals surface area contributed by atoms with E-state index in [1.54, 1.807) is 0 Å². The van der Waals surface area contributed by atoms with E-state index in [2.05, 4.69) is 20.1 Å². The molecular formula is C17H22N2O6. The number of esters is 2. The van der Waals surface area contributed by atoms with Gasteiger partial charge in [-0.2, -0.15) is 0 Å². The van der Waals surface area contributed by atoms with E-state index in [1.807, 2.05) is 0 Å². The lowest BCUT2D eigenvalue weighted by molar-refractivity contribution is -0.115. The maximum atomic E-state index is 12.0. The van der Waals surface area contributed by atoms with Crippen molar-refractivity contribution in [3.8, 4) is 0 Å². The maximum absolute atomic E-state index is 12.0. The molecule has 1 aliphatic rings. The number of ether oxygens (including phenoxy) is 3. The quantitative estimate of drug-likeness (QED) is 0.706. The molecule has 1 saturated heterocycles. The summed E-state index contributed by atoms with van der Waals surface area (Å²) < 4.78 is 14.8. The molecule has 1 aliphatic heterocycles.